The smallest absolute Gasteiger partial charge is 0.253 e. The number of piperazine rings is 1. The molecule has 0 bridgehead atoms. The van der Waals surface area contributed by atoms with Crippen LogP contribution in [0.5, 0.6) is 0 Å². The summed E-state index contributed by atoms with van der Waals surface area (Å²) < 4.78 is 0. The average Bonchev–Trinajstić information content (AvgIpc) is 2.87. The van der Waals surface area contributed by atoms with Gasteiger partial charge in [-0.1, -0.05) is 48.0 Å². The summed E-state index contributed by atoms with van der Waals surface area (Å²) in [4.78, 5) is 33.0. The van der Waals surface area contributed by atoms with Crippen molar-refractivity contribution in [3.05, 3.63) is 101 Å². The topological polar surface area (TPSA) is 43.9 Å². The first kappa shape index (κ1) is 23.9. The van der Waals surface area contributed by atoms with Gasteiger partial charge in [0.1, 0.15) is 0 Å². The second-order valence-corrected chi connectivity index (χ2v) is 10.5. The molecule has 2 aliphatic rings. The van der Waals surface area contributed by atoms with Gasteiger partial charge in [-0.05, 0) is 48.0 Å². The molecule has 2 saturated heterocycles. The molecule has 3 aromatic rings. The lowest BCUT2D eigenvalue weighted by Gasteiger charge is -2.48. The first-order valence-corrected chi connectivity index (χ1v) is 13.3. The number of rotatable bonds is 6. The molecule has 2 heterocycles. The standard InChI is InChI=1S/C28H28ClN3O2S/c29-24-7-4-8-26(17-24)35-20-21-9-11-23(12-10-21)28(34)32-18-25(19-32)30-13-15-31(16-14-30)27(33)22-5-2-1-3-6-22/h1-12,17,25H,13-16,18-20H2. The highest BCUT2D eigenvalue weighted by Gasteiger charge is 2.36. The normalized spacial score (nSPS) is 16.7. The monoisotopic (exact) mass is 505 g/mol. The summed E-state index contributed by atoms with van der Waals surface area (Å²) in [6.45, 7) is 4.66. The van der Waals surface area contributed by atoms with E-state index in [1.807, 2.05) is 82.6 Å². The van der Waals surface area contributed by atoms with Crippen LogP contribution in [0.4, 0.5) is 0 Å². The maximum Gasteiger partial charge on any atom is 0.253 e. The molecule has 35 heavy (non-hydrogen) atoms. The number of halogens is 1. The largest absolute Gasteiger partial charge is 0.336 e. The zero-order valence-corrected chi connectivity index (χ0v) is 21.0. The summed E-state index contributed by atoms with van der Waals surface area (Å²) in [5, 5.41) is 0.742. The molecule has 5 rings (SSSR count). The number of carbonyl (C=O) groups excluding carboxylic acids is 2. The van der Waals surface area contributed by atoms with Crippen LogP contribution in [0.1, 0.15) is 26.3 Å². The van der Waals surface area contributed by atoms with E-state index in [9.17, 15) is 9.59 Å². The Bertz CT molecular complexity index is 1170. The van der Waals surface area contributed by atoms with Crippen LogP contribution < -0.4 is 0 Å². The number of likely N-dealkylation sites (tertiary alicyclic amines) is 1. The molecule has 0 spiro atoms. The molecule has 2 fully saturated rings. The van der Waals surface area contributed by atoms with E-state index in [1.165, 1.54) is 5.56 Å². The van der Waals surface area contributed by atoms with E-state index < -0.39 is 0 Å². The van der Waals surface area contributed by atoms with Crippen LogP contribution in [0.15, 0.2) is 83.8 Å². The van der Waals surface area contributed by atoms with Crippen LogP contribution in [-0.2, 0) is 5.75 Å². The summed E-state index contributed by atoms with van der Waals surface area (Å²) in [6, 6.07) is 25.6. The number of amides is 2. The van der Waals surface area contributed by atoms with Crippen LogP contribution in [-0.4, -0.2) is 71.8 Å². The predicted molar refractivity (Wildman–Crippen MR) is 141 cm³/mol. The molecule has 0 atom stereocenters. The minimum Gasteiger partial charge on any atom is -0.336 e. The molecule has 3 aromatic carbocycles. The molecule has 0 aliphatic carbocycles. The summed E-state index contributed by atoms with van der Waals surface area (Å²) in [5.41, 5.74) is 2.66. The Hall–Kier alpha value is -2.80. The quantitative estimate of drug-likeness (QED) is 0.446. The zero-order valence-electron chi connectivity index (χ0n) is 19.5. The lowest BCUT2D eigenvalue weighted by molar-refractivity contribution is 0.00854. The fraction of sp³-hybridized carbons (Fsp3) is 0.286. The Labute approximate surface area is 215 Å². The van der Waals surface area contributed by atoms with Gasteiger partial charge >= 0.3 is 0 Å². The van der Waals surface area contributed by atoms with Crippen LogP contribution in [0.3, 0.4) is 0 Å². The Balaban J connectivity index is 1.07. The first-order valence-electron chi connectivity index (χ1n) is 11.9. The maximum absolute atomic E-state index is 12.9. The van der Waals surface area contributed by atoms with Crippen molar-refractivity contribution in [1.82, 2.24) is 14.7 Å². The van der Waals surface area contributed by atoms with Crippen molar-refractivity contribution < 1.29 is 9.59 Å². The van der Waals surface area contributed by atoms with Gasteiger partial charge in [0.15, 0.2) is 0 Å². The van der Waals surface area contributed by atoms with Crippen molar-refractivity contribution in [3.8, 4) is 0 Å². The zero-order chi connectivity index (χ0) is 24.2. The van der Waals surface area contributed by atoms with E-state index in [0.29, 0.717) is 6.04 Å². The third-order valence-electron chi connectivity index (χ3n) is 6.69. The third-order valence-corrected chi connectivity index (χ3v) is 7.99. The van der Waals surface area contributed by atoms with Gasteiger partial charge in [0, 0.05) is 72.1 Å². The van der Waals surface area contributed by atoms with E-state index >= 15 is 0 Å². The third kappa shape index (κ3) is 5.72. The fourth-order valence-electron chi connectivity index (χ4n) is 4.56. The van der Waals surface area contributed by atoms with Gasteiger partial charge in [0.05, 0.1) is 0 Å². The van der Waals surface area contributed by atoms with Gasteiger partial charge in [0.25, 0.3) is 11.8 Å². The summed E-state index contributed by atoms with van der Waals surface area (Å²) in [5.74, 6) is 1.03. The number of hydrogen-bond acceptors (Lipinski definition) is 4. The van der Waals surface area contributed by atoms with E-state index in [4.69, 9.17) is 11.6 Å². The van der Waals surface area contributed by atoms with E-state index in [1.54, 1.807) is 11.8 Å². The summed E-state index contributed by atoms with van der Waals surface area (Å²) in [6.07, 6.45) is 0. The maximum atomic E-state index is 12.9. The highest BCUT2D eigenvalue weighted by atomic mass is 35.5. The van der Waals surface area contributed by atoms with Gasteiger partial charge < -0.3 is 9.80 Å². The van der Waals surface area contributed by atoms with E-state index in [0.717, 1.165) is 66.1 Å². The van der Waals surface area contributed by atoms with Gasteiger partial charge in [-0.2, -0.15) is 0 Å². The van der Waals surface area contributed by atoms with Gasteiger partial charge in [-0.3, -0.25) is 14.5 Å². The fourth-order valence-corrected chi connectivity index (χ4v) is 5.72. The molecule has 0 radical (unpaired) electrons. The molecule has 2 aliphatic heterocycles. The van der Waals surface area contributed by atoms with Crippen molar-refractivity contribution in [2.45, 2.75) is 16.7 Å². The first-order chi connectivity index (χ1) is 17.1. The average molecular weight is 506 g/mol. The van der Waals surface area contributed by atoms with Crippen molar-refractivity contribution >= 4 is 35.2 Å². The molecule has 0 N–H and O–H groups in total. The summed E-state index contributed by atoms with van der Waals surface area (Å²) in [7, 11) is 0. The van der Waals surface area contributed by atoms with Crippen LogP contribution in [0.2, 0.25) is 5.02 Å². The Kier molecular flexibility index (Phi) is 7.42. The van der Waals surface area contributed by atoms with Crippen molar-refractivity contribution in [2.75, 3.05) is 39.3 Å². The lowest BCUT2D eigenvalue weighted by Crippen LogP contribution is -2.64. The Morgan fingerprint density at radius 3 is 2.11 bits per heavy atom. The van der Waals surface area contributed by atoms with E-state index in [-0.39, 0.29) is 11.8 Å². The molecule has 7 heteroatoms. The minimum absolute atomic E-state index is 0.0909. The predicted octanol–water partition coefficient (Wildman–Crippen LogP) is 4.91. The number of hydrogen-bond donors (Lipinski definition) is 0. The molecule has 5 nitrogen and oxygen atoms in total. The molecule has 0 unspecified atom stereocenters. The lowest BCUT2D eigenvalue weighted by atomic mass is 10.0. The minimum atomic E-state index is 0.0909. The van der Waals surface area contributed by atoms with E-state index in [2.05, 4.69) is 11.0 Å². The SMILES string of the molecule is O=C(c1ccccc1)N1CCN(C2CN(C(=O)c3ccc(CSc4cccc(Cl)c4)cc3)C2)CC1. The molecule has 2 amide bonds. The Morgan fingerprint density at radius 1 is 0.771 bits per heavy atom. The number of carbonyl (C=O) groups is 2. The molecular weight excluding hydrogens is 478 g/mol. The van der Waals surface area contributed by atoms with Crippen molar-refractivity contribution in [3.63, 3.8) is 0 Å². The van der Waals surface area contributed by atoms with Crippen LogP contribution in [0.25, 0.3) is 0 Å². The van der Waals surface area contributed by atoms with Gasteiger partial charge in [0.2, 0.25) is 0 Å². The number of thioether (sulfide) groups is 1. The summed E-state index contributed by atoms with van der Waals surface area (Å²) >= 11 is 7.79. The number of nitrogens with zero attached hydrogens (tertiary/aromatic N) is 3. The molecule has 0 aromatic heterocycles. The van der Waals surface area contributed by atoms with Gasteiger partial charge in [-0.25, -0.2) is 0 Å². The molecular formula is C28H28ClN3O2S. The number of benzene rings is 3. The van der Waals surface area contributed by atoms with Crippen LogP contribution in [0, 0.1) is 0 Å². The highest BCUT2D eigenvalue weighted by Crippen LogP contribution is 2.26. The Morgan fingerprint density at radius 2 is 1.43 bits per heavy atom. The molecule has 180 valence electrons. The van der Waals surface area contributed by atoms with Crippen LogP contribution >= 0.6 is 23.4 Å². The second-order valence-electron chi connectivity index (χ2n) is 9.00. The second kappa shape index (κ2) is 10.9. The highest BCUT2D eigenvalue weighted by molar-refractivity contribution is 7.98. The van der Waals surface area contributed by atoms with Crippen molar-refractivity contribution in [1.29, 1.82) is 0 Å². The van der Waals surface area contributed by atoms with Gasteiger partial charge in [-0.15, -0.1) is 11.8 Å². The van der Waals surface area contributed by atoms with Crippen molar-refractivity contribution in [2.24, 2.45) is 0 Å². The molecule has 0 saturated carbocycles.